The zero-order chi connectivity index (χ0) is 14.4. The predicted octanol–water partition coefficient (Wildman–Crippen LogP) is 3.91. The molecule has 1 aliphatic heterocycles. The van der Waals surface area contributed by atoms with E-state index in [1.54, 1.807) is 0 Å². The van der Waals surface area contributed by atoms with Crippen molar-refractivity contribution >= 4 is 27.5 Å². The Morgan fingerprint density at radius 2 is 1.90 bits per heavy atom. The molecule has 2 aliphatic rings. The summed E-state index contributed by atoms with van der Waals surface area (Å²) in [5.74, 6) is 0.878. The molecule has 1 heterocycles. The molecule has 0 unspecified atom stereocenters. The Morgan fingerprint density at radius 3 is 2.62 bits per heavy atom. The van der Waals surface area contributed by atoms with Crippen LogP contribution >= 0.6 is 15.9 Å². The zero-order valence-electron chi connectivity index (χ0n) is 11.4. The third kappa shape index (κ3) is 2.14. The van der Waals surface area contributed by atoms with Gasteiger partial charge in [0.15, 0.2) is 5.60 Å². The van der Waals surface area contributed by atoms with Crippen molar-refractivity contribution in [1.29, 1.82) is 0 Å². The number of halogens is 1. The van der Waals surface area contributed by atoms with E-state index in [1.807, 2.05) is 53.4 Å². The molecule has 1 spiro atoms. The lowest BCUT2D eigenvalue weighted by Crippen LogP contribution is -2.47. The zero-order valence-corrected chi connectivity index (χ0v) is 13.0. The third-order valence-corrected chi connectivity index (χ3v) is 4.53. The third-order valence-electron chi connectivity index (χ3n) is 4.04. The maximum absolute atomic E-state index is 12.8. The van der Waals surface area contributed by atoms with Crippen LogP contribution in [0.2, 0.25) is 0 Å². The van der Waals surface area contributed by atoms with Crippen molar-refractivity contribution in [1.82, 2.24) is 0 Å². The Labute approximate surface area is 131 Å². The monoisotopic (exact) mass is 343 g/mol. The van der Waals surface area contributed by atoms with Crippen LogP contribution in [0.15, 0.2) is 53.0 Å². The molecule has 106 valence electrons. The number of amides is 1. The first-order valence-electron chi connectivity index (χ1n) is 7.02. The van der Waals surface area contributed by atoms with Gasteiger partial charge in [-0.15, -0.1) is 0 Å². The summed E-state index contributed by atoms with van der Waals surface area (Å²) < 4.78 is 6.90. The van der Waals surface area contributed by atoms with E-state index in [4.69, 9.17) is 4.74 Å². The van der Waals surface area contributed by atoms with Gasteiger partial charge in [0.25, 0.3) is 5.91 Å². The highest BCUT2D eigenvalue weighted by molar-refractivity contribution is 9.10. The minimum Gasteiger partial charge on any atom is -0.475 e. The second-order valence-electron chi connectivity index (χ2n) is 5.59. The predicted molar refractivity (Wildman–Crippen MR) is 84.4 cm³/mol. The molecule has 0 bridgehead atoms. The van der Waals surface area contributed by atoms with E-state index in [0.717, 1.165) is 34.3 Å². The van der Waals surface area contributed by atoms with Gasteiger partial charge in [-0.05, 0) is 23.8 Å². The number of ether oxygens (including phenoxy) is 1. The molecule has 4 rings (SSSR count). The summed E-state index contributed by atoms with van der Waals surface area (Å²) in [5, 5.41) is 0. The van der Waals surface area contributed by atoms with Gasteiger partial charge in [0.2, 0.25) is 0 Å². The number of rotatable bonds is 2. The van der Waals surface area contributed by atoms with E-state index in [-0.39, 0.29) is 5.91 Å². The number of hydrogen-bond donors (Lipinski definition) is 0. The van der Waals surface area contributed by atoms with Crippen LogP contribution in [0.25, 0.3) is 0 Å². The van der Waals surface area contributed by atoms with E-state index in [9.17, 15) is 4.79 Å². The first-order chi connectivity index (χ1) is 10.2. The average Bonchev–Trinajstić information content (AvgIpc) is 3.27. The van der Waals surface area contributed by atoms with Crippen LogP contribution in [0.4, 0.5) is 5.69 Å². The van der Waals surface area contributed by atoms with Crippen LogP contribution in [0.1, 0.15) is 18.4 Å². The van der Waals surface area contributed by atoms with Gasteiger partial charge in [-0.1, -0.05) is 46.3 Å². The molecule has 0 aromatic heterocycles. The van der Waals surface area contributed by atoms with Gasteiger partial charge in [-0.25, -0.2) is 0 Å². The van der Waals surface area contributed by atoms with Crippen LogP contribution in [-0.2, 0) is 11.3 Å². The van der Waals surface area contributed by atoms with Crippen LogP contribution in [0.3, 0.4) is 0 Å². The van der Waals surface area contributed by atoms with Crippen molar-refractivity contribution in [2.24, 2.45) is 0 Å². The smallest absolute Gasteiger partial charge is 0.271 e. The Morgan fingerprint density at radius 1 is 1.14 bits per heavy atom. The minimum atomic E-state index is -0.602. The Balaban J connectivity index is 1.77. The van der Waals surface area contributed by atoms with Gasteiger partial charge in [0.05, 0.1) is 12.2 Å². The molecule has 0 saturated heterocycles. The average molecular weight is 344 g/mol. The molecule has 1 fully saturated rings. The van der Waals surface area contributed by atoms with E-state index < -0.39 is 5.60 Å². The molecule has 2 aromatic rings. The summed E-state index contributed by atoms with van der Waals surface area (Å²) in [7, 11) is 0. The van der Waals surface area contributed by atoms with Crippen LogP contribution in [0.5, 0.6) is 5.75 Å². The molecule has 0 radical (unpaired) electrons. The van der Waals surface area contributed by atoms with Crippen molar-refractivity contribution in [2.75, 3.05) is 4.90 Å². The van der Waals surface area contributed by atoms with Crippen LogP contribution < -0.4 is 9.64 Å². The fourth-order valence-corrected chi connectivity index (χ4v) is 3.10. The summed E-state index contributed by atoms with van der Waals surface area (Å²) in [4.78, 5) is 14.6. The normalized spacial score (nSPS) is 18.3. The summed E-state index contributed by atoms with van der Waals surface area (Å²) in [5.41, 5.74) is 1.36. The number of carbonyl (C=O) groups is 1. The van der Waals surface area contributed by atoms with Gasteiger partial charge in [0, 0.05) is 17.3 Å². The van der Waals surface area contributed by atoms with Crippen molar-refractivity contribution < 1.29 is 9.53 Å². The molecule has 0 N–H and O–H groups in total. The first-order valence-corrected chi connectivity index (χ1v) is 7.82. The molecule has 1 saturated carbocycles. The van der Waals surface area contributed by atoms with Gasteiger partial charge in [-0.2, -0.15) is 0 Å². The molecule has 1 amide bonds. The number of hydrogen-bond acceptors (Lipinski definition) is 2. The Hall–Kier alpha value is -1.81. The molecular weight excluding hydrogens is 330 g/mol. The van der Waals surface area contributed by atoms with E-state index >= 15 is 0 Å². The lowest BCUT2D eigenvalue weighted by Gasteiger charge is -2.35. The summed E-state index contributed by atoms with van der Waals surface area (Å²) in [6, 6.07) is 15.9. The number of carbonyl (C=O) groups excluding carboxylic acids is 1. The van der Waals surface area contributed by atoms with Gasteiger partial charge in [0.1, 0.15) is 5.75 Å². The second kappa shape index (κ2) is 4.60. The number of anilines is 1. The van der Waals surface area contributed by atoms with Crippen molar-refractivity contribution in [3.8, 4) is 5.75 Å². The minimum absolute atomic E-state index is 0.0805. The maximum atomic E-state index is 12.8. The van der Waals surface area contributed by atoms with Crippen molar-refractivity contribution in [2.45, 2.75) is 25.0 Å². The maximum Gasteiger partial charge on any atom is 0.271 e. The van der Waals surface area contributed by atoms with Crippen molar-refractivity contribution in [3.05, 3.63) is 58.6 Å². The Kier molecular flexibility index (Phi) is 2.82. The van der Waals surface area contributed by atoms with E-state index in [1.165, 1.54) is 0 Å². The van der Waals surface area contributed by atoms with Gasteiger partial charge >= 0.3 is 0 Å². The first kappa shape index (κ1) is 12.9. The fraction of sp³-hybridized carbons (Fsp3) is 0.235. The topological polar surface area (TPSA) is 29.5 Å². The summed E-state index contributed by atoms with van der Waals surface area (Å²) in [6.45, 7) is 0.578. The van der Waals surface area contributed by atoms with Crippen LogP contribution in [-0.4, -0.2) is 11.5 Å². The standard InChI is InChI=1S/C17H14BrNO2/c18-13-6-7-15-14(10-13)19(11-12-4-2-1-3-5-12)16(20)17(21-15)8-9-17/h1-7,10H,8-9,11H2. The molecule has 21 heavy (non-hydrogen) atoms. The molecule has 2 aromatic carbocycles. The highest BCUT2D eigenvalue weighted by Gasteiger charge is 2.57. The molecular formula is C17H14BrNO2. The van der Waals surface area contributed by atoms with Gasteiger partial charge < -0.3 is 9.64 Å². The SMILES string of the molecule is O=C1N(Cc2ccccc2)c2cc(Br)ccc2OC12CC2. The largest absolute Gasteiger partial charge is 0.475 e. The fourth-order valence-electron chi connectivity index (χ4n) is 2.75. The lowest BCUT2D eigenvalue weighted by molar-refractivity contribution is -0.128. The van der Waals surface area contributed by atoms with Crippen LogP contribution in [0, 0.1) is 0 Å². The lowest BCUT2D eigenvalue weighted by atomic mass is 10.1. The van der Waals surface area contributed by atoms with E-state index in [2.05, 4.69) is 15.9 Å². The van der Waals surface area contributed by atoms with E-state index in [0.29, 0.717) is 6.54 Å². The number of benzene rings is 2. The number of nitrogens with zero attached hydrogens (tertiary/aromatic N) is 1. The van der Waals surface area contributed by atoms with Gasteiger partial charge in [-0.3, -0.25) is 4.79 Å². The number of fused-ring (bicyclic) bond motifs is 1. The second-order valence-corrected chi connectivity index (χ2v) is 6.50. The summed E-state index contributed by atoms with van der Waals surface area (Å²) >= 11 is 3.47. The highest BCUT2D eigenvalue weighted by Crippen LogP contribution is 2.50. The quantitative estimate of drug-likeness (QED) is 0.827. The Bertz CT molecular complexity index is 710. The molecule has 4 heteroatoms. The molecule has 0 atom stereocenters. The molecule has 1 aliphatic carbocycles. The highest BCUT2D eigenvalue weighted by atomic mass is 79.9. The van der Waals surface area contributed by atoms with Crippen molar-refractivity contribution in [3.63, 3.8) is 0 Å². The summed E-state index contributed by atoms with van der Waals surface area (Å²) in [6.07, 6.45) is 1.62. The molecule has 3 nitrogen and oxygen atoms in total.